The van der Waals surface area contributed by atoms with E-state index in [9.17, 15) is 4.79 Å². The Hall–Kier alpha value is -2.50. The average molecular weight is 419 g/mol. The van der Waals surface area contributed by atoms with Crippen LogP contribution >= 0.6 is 0 Å². The molecule has 0 aliphatic carbocycles. The molecule has 1 amide bonds. The van der Waals surface area contributed by atoms with Crippen LogP contribution < -0.4 is 0 Å². The van der Waals surface area contributed by atoms with E-state index < -0.39 is 0 Å². The van der Waals surface area contributed by atoms with Gasteiger partial charge in [-0.3, -0.25) is 9.69 Å². The van der Waals surface area contributed by atoms with Crippen molar-refractivity contribution in [2.45, 2.75) is 40.2 Å². The molecule has 1 saturated heterocycles. The molecule has 164 valence electrons. The smallest absolute Gasteiger partial charge is 0.257 e. The Morgan fingerprint density at radius 3 is 2.26 bits per heavy atom. The fourth-order valence-corrected chi connectivity index (χ4v) is 4.53. The molecule has 2 aromatic carbocycles. The van der Waals surface area contributed by atoms with Crippen LogP contribution in [0.3, 0.4) is 0 Å². The van der Waals surface area contributed by atoms with Crippen molar-refractivity contribution in [3.63, 3.8) is 0 Å². The summed E-state index contributed by atoms with van der Waals surface area (Å²) in [5.74, 6) is 0.0934. The van der Waals surface area contributed by atoms with Gasteiger partial charge in [-0.15, -0.1) is 0 Å². The third-order valence-electron chi connectivity index (χ3n) is 6.60. The Morgan fingerprint density at radius 2 is 1.58 bits per heavy atom. The normalized spacial score (nSPS) is 20.2. The van der Waals surface area contributed by atoms with Gasteiger partial charge >= 0.3 is 0 Å². The number of likely N-dealkylation sites (N-methyl/N-ethyl adjacent to an activating group) is 1. The molecule has 0 N–H and O–H groups in total. The number of benzene rings is 2. The first-order valence-corrected chi connectivity index (χ1v) is 11.4. The molecule has 31 heavy (non-hydrogen) atoms. The summed E-state index contributed by atoms with van der Waals surface area (Å²) in [6.45, 7) is 14.0. The second kappa shape index (κ2) is 9.33. The van der Waals surface area contributed by atoms with Gasteiger partial charge in [0.1, 0.15) is 0 Å². The van der Waals surface area contributed by atoms with Gasteiger partial charge in [-0.1, -0.05) is 54.4 Å². The molecule has 0 unspecified atom stereocenters. The van der Waals surface area contributed by atoms with Crippen molar-refractivity contribution in [3.8, 4) is 0 Å². The maximum Gasteiger partial charge on any atom is 0.257 e. The molecule has 1 fully saturated rings. The first kappa shape index (κ1) is 21.7. The number of hydrogen-bond donors (Lipinski definition) is 0. The molecule has 1 atom stereocenters. The fraction of sp³-hybridized carbons (Fsp3) is 0.462. The van der Waals surface area contributed by atoms with Crippen LogP contribution in [0.5, 0.6) is 0 Å². The number of hydrogen-bond acceptors (Lipinski definition) is 4. The Bertz CT molecular complexity index is 958. The molecular formula is C26H34N4O. The van der Waals surface area contributed by atoms with Crippen molar-refractivity contribution >= 4 is 11.6 Å². The molecule has 0 bridgehead atoms. The van der Waals surface area contributed by atoms with Gasteiger partial charge in [-0.25, -0.2) is 5.01 Å². The minimum atomic E-state index is -0.0417. The van der Waals surface area contributed by atoms with Crippen LogP contribution in [0.15, 0.2) is 47.6 Å². The highest BCUT2D eigenvalue weighted by Crippen LogP contribution is 2.34. The topological polar surface area (TPSA) is 39.1 Å². The number of carbonyl (C=O) groups is 1. The summed E-state index contributed by atoms with van der Waals surface area (Å²) in [4.78, 5) is 18.1. The molecule has 2 aliphatic heterocycles. The molecule has 2 aliphatic rings. The third kappa shape index (κ3) is 4.89. The summed E-state index contributed by atoms with van der Waals surface area (Å²) in [5, 5.41) is 6.66. The highest BCUT2D eigenvalue weighted by molar-refractivity contribution is 6.04. The summed E-state index contributed by atoms with van der Waals surface area (Å²) >= 11 is 0. The largest absolute Gasteiger partial charge is 0.301 e. The lowest BCUT2D eigenvalue weighted by molar-refractivity contribution is -0.134. The summed E-state index contributed by atoms with van der Waals surface area (Å²) in [5.41, 5.74) is 6.97. The minimum Gasteiger partial charge on any atom is -0.301 e. The quantitative estimate of drug-likeness (QED) is 0.739. The zero-order valence-electron chi connectivity index (χ0n) is 19.3. The number of carbonyl (C=O) groups excluding carboxylic acids is 1. The molecule has 2 aromatic rings. The van der Waals surface area contributed by atoms with Crippen LogP contribution in [0.25, 0.3) is 0 Å². The van der Waals surface area contributed by atoms with Gasteiger partial charge in [-0.05, 0) is 44.5 Å². The predicted octanol–water partition coefficient (Wildman–Crippen LogP) is 3.93. The summed E-state index contributed by atoms with van der Waals surface area (Å²) in [6, 6.07) is 15.0. The van der Waals surface area contributed by atoms with Crippen molar-refractivity contribution in [2.75, 3.05) is 39.3 Å². The summed E-state index contributed by atoms with van der Waals surface area (Å²) in [6.07, 6.45) is 0.753. The first-order valence-electron chi connectivity index (χ1n) is 11.4. The van der Waals surface area contributed by atoms with Crippen molar-refractivity contribution in [1.29, 1.82) is 0 Å². The Morgan fingerprint density at radius 1 is 0.935 bits per heavy atom. The van der Waals surface area contributed by atoms with E-state index in [1.165, 1.54) is 16.7 Å². The van der Waals surface area contributed by atoms with Crippen LogP contribution in [-0.4, -0.2) is 65.7 Å². The average Bonchev–Trinajstić information content (AvgIpc) is 3.22. The molecule has 0 spiro atoms. The van der Waals surface area contributed by atoms with Gasteiger partial charge in [0.2, 0.25) is 0 Å². The van der Waals surface area contributed by atoms with Gasteiger partial charge in [0, 0.05) is 38.2 Å². The Balaban J connectivity index is 1.58. The van der Waals surface area contributed by atoms with Crippen molar-refractivity contribution in [1.82, 2.24) is 14.8 Å². The molecule has 0 radical (unpaired) electrons. The lowest BCUT2D eigenvalue weighted by Gasteiger charge is -2.34. The molecule has 0 aromatic heterocycles. The molecule has 0 saturated carbocycles. The van der Waals surface area contributed by atoms with Gasteiger partial charge < -0.3 is 4.90 Å². The van der Waals surface area contributed by atoms with Crippen molar-refractivity contribution in [2.24, 2.45) is 5.10 Å². The van der Waals surface area contributed by atoms with Gasteiger partial charge in [-0.2, -0.15) is 5.10 Å². The van der Waals surface area contributed by atoms with E-state index in [4.69, 9.17) is 5.10 Å². The van der Waals surface area contributed by atoms with E-state index in [1.54, 1.807) is 5.01 Å². The van der Waals surface area contributed by atoms with Gasteiger partial charge in [0.25, 0.3) is 5.91 Å². The van der Waals surface area contributed by atoms with Crippen LogP contribution in [0, 0.1) is 20.8 Å². The number of piperazine rings is 1. The van der Waals surface area contributed by atoms with Crippen LogP contribution in [-0.2, 0) is 4.79 Å². The van der Waals surface area contributed by atoms with E-state index in [2.05, 4.69) is 80.0 Å². The van der Waals surface area contributed by atoms with Crippen molar-refractivity contribution in [3.05, 3.63) is 70.3 Å². The summed E-state index contributed by atoms with van der Waals surface area (Å²) in [7, 11) is 0. The number of nitrogens with zero attached hydrogens (tertiary/aromatic N) is 4. The van der Waals surface area contributed by atoms with E-state index in [0.717, 1.165) is 56.0 Å². The molecule has 5 nitrogen and oxygen atoms in total. The van der Waals surface area contributed by atoms with Crippen LogP contribution in [0.4, 0.5) is 0 Å². The van der Waals surface area contributed by atoms with Gasteiger partial charge in [0.05, 0.1) is 18.3 Å². The number of rotatable bonds is 5. The van der Waals surface area contributed by atoms with Crippen LogP contribution in [0.1, 0.15) is 47.2 Å². The third-order valence-corrected chi connectivity index (χ3v) is 6.60. The zero-order valence-corrected chi connectivity index (χ0v) is 19.3. The number of amides is 1. The van der Waals surface area contributed by atoms with Gasteiger partial charge in [0.15, 0.2) is 0 Å². The molecule has 5 heteroatoms. The van der Waals surface area contributed by atoms with E-state index in [0.29, 0.717) is 6.54 Å². The number of hydrazone groups is 1. The maximum absolute atomic E-state index is 13.4. The lowest BCUT2D eigenvalue weighted by atomic mass is 9.94. The van der Waals surface area contributed by atoms with E-state index in [1.807, 2.05) is 0 Å². The highest BCUT2D eigenvalue weighted by Gasteiger charge is 2.34. The molecule has 2 heterocycles. The zero-order chi connectivity index (χ0) is 22.0. The highest BCUT2D eigenvalue weighted by atomic mass is 16.2. The standard InChI is InChI=1S/C26H34N4O/c1-5-28-12-14-29(15-13-28)18-26(31)30-25(22-10-7-19(2)8-11-22)17-24(27-30)23-16-20(3)6-9-21(23)4/h6-11,16,25H,5,12-15,17-18H2,1-4H3/t25-/m1/s1. The SMILES string of the molecule is CCN1CCN(CC(=O)N2N=C(c3cc(C)ccc3C)C[C@@H]2c2ccc(C)cc2)CC1. The molecular weight excluding hydrogens is 384 g/mol. The fourth-order valence-electron chi connectivity index (χ4n) is 4.53. The second-order valence-corrected chi connectivity index (χ2v) is 8.94. The summed E-state index contributed by atoms with van der Waals surface area (Å²) < 4.78 is 0. The second-order valence-electron chi connectivity index (χ2n) is 8.94. The first-order chi connectivity index (χ1) is 14.9. The molecule has 4 rings (SSSR count). The maximum atomic E-state index is 13.4. The number of aryl methyl sites for hydroxylation is 3. The van der Waals surface area contributed by atoms with Crippen molar-refractivity contribution < 1.29 is 4.79 Å². The minimum absolute atomic E-state index is 0.0417. The Kier molecular flexibility index (Phi) is 6.54. The van der Waals surface area contributed by atoms with E-state index >= 15 is 0 Å². The van der Waals surface area contributed by atoms with Crippen LogP contribution in [0.2, 0.25) is 0 Å². The predicted molar refractivity (Wildman–Crippen MR) is 126 cm³/mol. The Labute approximate surface area is 186 Å². The lowest BCUT2D eigenvalue weighted by Crippen LogP contribution is -2.49. The monoisotopic (exact) mass is 418 g/mol. The van der Waals surface area contributed by atoms with E-state index in [-0.39, 0.29) is 11.9 Å².